The number of nitrogens with zero attached hydrogens (tertiary/aromatic N) is 1. The molecule has 3 aromatic rings. The van der Waals surface area contributed by atoms with Gasteiger partial charge in [0, 0.05) is 31.4 Å². The number of anilines is 2. The van der Waals surface area contributed by atoms with Crippen molar-refractivity contribution in [3.8, 4) is 0 Å². The number of hydrogen-bond donors (Lipinski definition) is 5. The first kappa shape index (κ1) is 42.5. The van der Waals surface area contributed by atoms with Gasteiger partial charge in [0.25, 0.3) is 0 Å². The molecule has 55 heavy (non-hydrogen) atoms. The molecule has 0 radical (unpaired) electrons. The monoisotopic (exact) mass is 803 g/mol. The lowest BCUT2D eigenvalue weighted by Gasteiger charge is -2.42. The number of sulfone groups is 1. The molecule has 0 aliphatic carbocycles. The van der Waals surface area contributed by atoms with E-state index < -0.39 is 68.9 Å². The molecule has 2 amide bonds. The van der Waals surface area contributed by atoms with Gasteiger partial charge in [-0.3, -0.25) is 4.55 Å². The van der Waals surface area contributed by atoms with Crippen LogP contribution in [0.2, 0.25) is 0 Å². The van der Waals surface area contributed by atoms with E-state index in [2.05, 4.69) is 35.6 Å². The molecule has 2 aliphatic rings. The molecule has 0 aromatic heterocycles. The molecule has 5 N–H and O–H groups in total. The van der Waals surface area contributed by atoms with Crippen molar-refractivity contribution >= 4 is 37.6 Å². The Kier molecular flexibility index (Phi) is 13.7. The van der Waals surface area contributed by atoms with Gasteiger partial charge in [-0.1, -0.05) is 76.1 Å². The molecule has 302 valence electrons. The fraction of sp³-hybridized carbons (Fsp3) is 0.513. The third-order valence-corrected chi connectivity index (χ3v) is 13.4. The Bertz CT molecular complexity index is 2000. The number of fused-ring (bicyclic) bond motifs is 1. The quantitative estimate of drug-likeness (QED) is 0.139. The number of aliphatic hydroxyl groups is 2. The van der Waals surface area contributed by atoms with Crippen molar-refractivity contribution in [3.05, 3.63) is 89.5 Å². The Balaban J connectivity index is 1.43. The minimum Gasteiger partial charge on any atom is -0.387 e. The van der Waals surface area contributed by atoms with Crippen LogP contribution in [0, 0.1) is 11.3 Å². The number of aliphatic hydroxyl groups excluding tert-OH is 2. The minimum absolute atomic E-state index is 0.0327. The second-order valence-corrected chi connectivity index (χ2v) is 17.8. The first-order chi connectivity index (χ1) is 26.0. The molecule has 5 rings (SSSR count). The average Bonchev–Trinajstić information content (AvgIpc) is 3.21. The zero-order valence-electron chi connectivity index (χ0n) is 31.8. The van der Waals surface area contributed by atoms with E-state index in [4.69, 9.17) is 14.0 Å². The van der Waals surface area contributed by atoms with E-state index in [0.29, 0.717) is 22.6 Å². The second kappa shape index (κ2) is 17.7. The third-order valence-electron chi connectivity index (χ3n) is 11.0. The average molecular weight is 804 g/mol. The van der Waals surface area contributed by atoms with Crippen molar-refractivity contribution in [2.24, 2.45) is 11.3 Å². The molecule has 0 spiro atoms. The van der Waals surface area contributed by atoms with E-state index in [9.17, 15) is 31.8 Å². The van der Waals surface area contributed by atoms with Gasteiger partial charge >= 0.3 is 16.4 Å². The summed E-state index contributed by atoms with van der Waals surface area (Å²) < 4.78 is 76.1. The van der Waals surface area contributed by atoms with Crippen molar-refractivity contribution in [1.82, 2.24) is 5.32 Å². The lowest BCUT2D eigenvalue weighted by Crippen LogP contribution is -2.64. The Morgan fingerprint density at radius 3 is 2.40 bits per heavy atom. The van der Waals surface area contributed by atoms with E-state index >= 15 is 0 Å². The summed E-state index contributed by atoms with van der Waals surface area (Å²) in [5.41, 5.74) is 2.96. The number of ether oxygens (including phenoxy) is 2. The highest BCUT2D eigenvalue weighted by Crippen LogP contribution is 2.53. The van der Waals surface area contributed by atoms with Gasteiger partial charge in [-0.25, -0.2) is 17.4 Å². The van der Waals surface area contributed by atoms with Crippen LogP contribution >= 0.6 is 0 Å². The van der Waals surface area contributed by atoms with E-state index in [1.165, 1.54) is 0 Å². The van der Waals surface area contributed by atoms with Gasteiger partial charge in [-0.05, 0) is 71.2 Å². The van der Waals surface area contributed by atoms with Crippen molar-refractivity contribution in [2.75, 3.05) is 36.7 Å². The summed E-state index contributed by atoms with van der Waals surface area (Å²) in [7, 11) is -4.76. The maximum Gasteiger partial charge on any atom is 0.397 e. The number of benzene rings is 3. The highest BCUT2D eigenvalue weighted by atomic mass is 32.3. The van der Waals surface area contributed by atoms with Gasteiger partial charge in [-0.2, -0.15) is 8.42 Å². The molecule has 0 unspecified atom stereocenters. The molecular weight excluding hydrogens is 751 g/mol. The SMILES string of the molecule is CCCC[C@]1(CC)CS(=O)(=O)c2ccc(N(C)C)cc2[C@@H](c2cccc(NC(=O)N[C@@H]3O[C@H](COS(=O)(=O)O)[C@@H](O)[C@H](OCc4ccccc4)[C@H]3O)c2)[C@H]1C. The predicted molar refractivity (Wildman–Crippen MR) is 208 cm³/mol. The zero-order chi connectivity index (χ0) is 40.1. The summed E-state index contributed by atoms with van der Waals surface area (Å²) >= 11 is 0. The number of rotatable bonds is 14. The maximum atomic E-state index is 14.1. The molecule has 2 aliphatic heterocycles. The van der Waals surface area contributed by atoms with E-state index in [-0.39, 0.29) is 24.2 Å². The number of carbonyl (C=O) groups excluding carboxylic acids is 1. The zero-order valence-corrected chi connectivity index (χ0v) is 33.4. The van der Waals surface area contributed by atoms with Crippen LogP contribution in [-0.2, 0) is 40.5 Å². The molecule has 0 bridgehead atoms. The van der Waals surface area contributed by atoms with Crippen LogP contribution < -0.4 is 15.5 Å². The Morgan fingerprint density at radius 1 is 1.02 bits per heavy atom. The third kappa shape index (κ3) is 10.0. The molecule has 8 atom stereocenters. The van der Waals surface area contributed by atoms with Crippen LogP contribution in [0.3, 0.4) is 0 Å². The van der Waals surface area contributed by atoms with E-state index in [1.54, 1.807) is 42.5 Å². The molecule has 1 saturated heterocycles. The van der Waals surface area contributed by atoms with Crippen molar-refractivity contribution in [1.29, 1.82) is 0 Å². The van der Waals surface area contributed by atoms with Crippen LogP contribution in [-0.4, -0.2) is 94.7 Å². The fourth-order valence-corrected chi connectivity index (χ4v) is 10.5. The minimum atomic E-state index is -4.91. The van der Waals surface area contributed by atoms with E-state index in [1.807, 2.05) is 49.3 Å². The maximum absolute atomic E-state index is 14.1. The van der Waals surface area contributed by atoms with E-state index in [0.717, 1.165) is 36.1 Å². The first-order valence-electron chi connectivity index (χ1n) is 18.5. The first-order valence-corrected chi connectivity index (χ1v) is 21.5. The number of carbonyl (C=O) groups is 1. The lowest BCUT2D eigenvalue weighted by atomic mass is 9.64. The second-order valence-electron chi connectivity index (χ2n) is 14.7. The highest BCUT2D eigenvalue weighted by Gasteiger charge is 2.48. The number of unbranched alkanes of at least 4 members (excludes halogenated alkanes) is 1. The van der Waals surface area contributed by atoms with Crippen molar-refractivity contribution in [2.45, 2.75) is 94.5 Å². The topological polar surface area (TPSA) is 201 Å². The normalized spacial score (nSPS) is 27.7. The molecular formula is C39H53N3O11S2. The van der Waals surface area contributed by atoms with Crippen LogP contribution in [0.5, 0.6) is 0 Å². The van der Waals surface area contributed by atoms with Gasteiger partial charge < -0.3 is 35.2 Å². The number of nitrogens with one attached hydrogen (secondary N) is 2. The van der Waals surface area contributed by atoms with Crippen LogP contribution in [0.4, 0.5) is 16.2 Å². The summed E-state index contributed by atoms with van der Waals surface area (Å²) in [6, 6.07) is 20.8. The number of urea groups is 1. The standard InChI is InChI=1S/C39H53N3O11S2/c1-6-8-19-39(7-2)24-54(46,47)32-18-17-29(42(4)5)21-30(32)33(25(39)3)27-15-12-16-28(20-27)40-38(45)41-37-35(44)36(51-22-26-13-10-9-11-14-26)34(43)31(53-37)23-52-55(48,49)50/h9-18,20-21,25,31,33-37,43-44H,6-8,19,22-24H2,1-5H3,(H2,40,41,45)(H,48,49,50)/t25-,31-,33-,34-,35-,36+,37-,39-/m1/s1. The summed E-state index contributed by atoms with van der Waals surface area (Å²) in [6.45, 7) is 5.41. The smallest absolute Gasteiger partial charge is 0.387 e. The number of hydrogen-bond acceptors (Lipinski definition) is 11. The fourth-order valence-electron chi connectivity index (χ4n) is 7.86. The Morgan fingerprint density at radius 2 is 1.75 bits per heavy atom. The van der Waals surface area contributed by atoms with Gasteiger partial charge in [0.2, 0.25) is 0 Å². The lowest BCUT2D eigenvalue weighted by molar-refractivity contribution is -0.246. The Labute approximate surface area is 324 Å². The predicted octanol–water partition coefficient (Wildman–Crippen LogP) is 4.87. The van der Waals surface area contributed by atoms with Crippen LogP contribution in [0.15, 0.2) is 77.7 Å². The highest BCUT2D eigenvalue weighted by molar-refractivity contribution is 7.91. The van der Waals surface area contributed by atoms with Gasteiger partial charge in [-0.15, -0.1) is 0 Å². The van der Waals surface area contributed by atoms with Crippen LogP contribution in [0.1, 0.15) is 69.1 Å². The molecule has 3 aromatic carbocycles. The molecule has 2 heterocycles. The summed E-state index contributed by atoms with van der Waals surface area (Å²) in [5.74, 6) is -0.411. The van der Waals surface area contributed by atoms with Crippen molar-refractivity contribution < 1.29 is 50.1 Å². The summed E-state index contributed by atoms with van der Waals surface area (Å²) in [5, 5.41) is 27.5. The molecule has 0 saturated carbocycles. The summed E-state index contributed by atoms with van der Waals surface area (Å²) in [6.07, 6.45) is -4.29. The largest absolute Gasteiger partial charge is 0.397 e. The number of amides is 2. The summed E-state index contributed by atoms with van der Waals surface area (Å²) in [4.78, 5) is 15.8. The van der Waals surface area contributed by atoms with Crippen LogP contribution in [0.25, 0.3) is 0 Å². The van der Waals surface area contributed by atoms with Gasteiger partial charge in [0.05, 0.1) is 23.9 Å². The Hall–Kier alpha value is -3.61. The van der Waals surface area contributed by atoms with Gasteiger partial charge in [0.1, 0.15) is 24.4 Å². The van der Waals surface area contributed by atoms with Crippen molar-refractivity contribution in [3.63, 3.8) is 0 Å². The molecule has 1 fully saturated rings. The molecule has 16 heteroatoms. The molecule has 14 nitrogen and oxygen atoms in total. The van der Waals surface area contributed by atoms with Gasteiger partial charge in [0.15, 0.2) is 16.1 Å².